The van der Waals surface area contributed by atoms with Crippen molar-refractivity contribution >= 4 is 5.97 Å². The summed E-state index contributed by atoms with van der Waals surface area (Å²) in [4.78, 5) is 19.5. The predicted molar refractivity (Wildman–Crippen MR) is 76.9 cm³/mol. The van der Waals surface area contributed by atoms with Crippen LogP contribution in [-0.4, -0.2) is 35.3 Å². The highest BCUT2D eigenvalue weighted by atomic mass is 16.5. The topological polar surface area (TPSA) is 81.5 Å². The zero-order valence-electron chi connectivity index (χ0n) is 12.1. The van der Waals surface area contributed by atoms with Gasteiger partial charge in [-0.25, -0.2) is 14.8 Å². The molecule has 2 aromatic rings. The Morgan fingerprint density at radius 1 is 1.24 bits per heavy atom. The van der Waals surface area contributed by atoms with Gasteiger partial charge in [-0.1, -0.05) is 6.92 Å². The Balaban J connectivity index is 2.49. The minimum absolute atomic E-state index is 0.127. The third-order valence-corrected chi connectivity index (χ3v) is 3.07. The Morgan fingerprint density at radius 3 is 2.52 bits per heavy atom. The van der Waals surface area contributed by atoms with E-state index in [0.29, 0.717) is 29.4 Å². The number of nitrogens with zero attached hydrogens (tertiary/aromatic N) is 2. The Morgan fingerprint density at radius 2 is 1.95 bits per heavy atom. The molecule has 0 saturated carbocycles. The van der Waals surface area contributed by atoms with Gasteiger partial charge in [-0.3, -0.25) is 0 Å². The molecule has 0 bridgehead atoms. The van der Waals surface area contributed by atoms with E-state index in [4.69, 9.17) is 14.6 Å². The molecule has 0 amide bonds. The summed E-state index contributed by atoms with van der Waals surface area (Å²) in [5.41, 5.74) is 1.36. The molecule has 0 aliphatic carbocycles. The summed E-state index contributed by atoms with van der Waals surface area (Å²) in [6.07, 6.45) is 1.85. The maximum absolute atomic E-state index is 11.1. The minimum atomic E-state index is -1.02. The molecule has 1 aromatic heterocycles. The van der Waals surface area contributed by atoms with Gasteiger partial charge in [0.1, 0.15) is 0 Å². The summed E-state index contributed by atoms with van der Waals surface area (Å²) < 4.78 is 10.4. The number of rotatable bonds is 5. The molecule has 0 fully saturated rings. The number of hydrogen-bond acceptors (Lipinski definition) is 5. The lowest BCUT2D eigenvalue weighted by atomic mass is 10.1. The van der Waals surface area contributed by atoms with E-state index in [0.717, 1.165) is 5.56 Å². The van der Waals surface area contributed by atoms with E-state index < -0.39 is 5.97 Å². The number of carboxylic acids is 1. The van der Waals surface area contributed by atoms with Crippen LogP contribution in [0.25, 0.3) is 11.4 Å². The van der Waals surface area contributed by atoms with Gasteiger partial charge in [-0.2, -0.15) is 0 Å². The molecule has 1 aromatic carbocycles. The van der Waals surface area contributed by atoms with Crippen LogP contribution in [-0.2, 0) is 6.42 Å². The summed E-state index contributed by atoms with van der Waals surface area (Å²) in [6.45, 7) is 1.85. The first kappa shape index (κ1) is 14.8. The summed E-state index contributed by atoms with van der Waals surface area (Å²) in [7, 11) is 3.11. The number of methoxy groups -OCH3 is 2. The number of carbonyl (C=O) groups is 1. The first-order valence-electron chi connectivity index (χ1n) is 6.42. The molecule has 1 heterocycles. The van der Waals surface area contributed by atoms with Crippen molar-refractivity contribution in [3.63, 3.8) is 0 Å². The number of aromatic nitrogens is 2. The molecule has 110 valence electrons. The Kier molecular flexibility index (Phi) is 4.37. The van der Waals surface area contributed by atoms with E-state index in [-0.39, 0.29) is 5.56 Å². The van der Waals surface area contributed by atoms with Crippen LogP contribution in [0.15, 0.2) is 24.4 Å². The Hall–Kier alpha value is -2.63. The SMILES string of the molecule is CCc1nc(-c2ccc(OC)c(OC)c2)ncc1C(=O)O. The van der Waals surface area contributed by atoms with Crippen molar-refractivity contribution in [3.8, 4) is 22.9 Å². The smallest absolute Gasteiger partial charge is 0.339 e. The summed E-state index contributed by atoms with van der Waals surface area (Å²) in [5.74, 6) is 0.613. The second kappa shape index (κ2) is 6.21. The molecule has 0 saturated heterocycles. The van der Waals surface area contributed by atoms with Gasteiger partial charge in [0.15, 0.2) is 17.3 Å². The molecule has 6 heteroatoms. The molecule has 2 rings (SSSR count). The fourth-order valence-corrected chi connectivity index (χ4v) is 1.98. The van der Waals surface area contributed by atoms with Crippen molar-refractivity contribution in [2.24, 2.45) is 0 Å². The second-order valence-corrected chi connectivity index (χ2v) is 4.28. The largest absolute Gasteiger partial charge is 0.493 e. The molecule has 1 N–H and O–H groups in total. The van der Waals surface area contributed by atoms with E-state index >= 15 is 0 Å². The number of aromatic carboxylic acids is 1. The van der Waals surface area contributed by atoms with E-state index in [1.807, 2.05) is 6.92 Å². The van der Waals surface area contributed by atoms with Crippen molar-refractivity contribution in [2.75, 3.05) is 14.2 Å². The van der Waals surface area contributed by atoms with Crippen LogP contribution in [0.3, 0.4) is 0 Å². The number of ether oxygens (including phenoxy) is 2. The summed E-state index contributed by atoms with van der Waals surface area (Å²) in [6, 6.07) is 5.32. The molecule has 6 nitrogen and oxygen atoms in total. The van der Waals surface area contributed by atoms with Gasteiger partial charge in [0.25, 0.3) is 0 Å². The van der Waals surface area contributed by atoms with Crippen molar-refractivity contribution in [1.29, 1.82) is 0 Å². The normalized spacial score (nSPS) is 10.2. The monoisotopic (exact) mass is 288 g/mol. The first-order valence-corrected chi connectivity index (χ1v) is 6.42. The highest BCUT2D eigenvalue weighted by Gasteiger charge is 2.14. The van der Waals surface area contributed by atoms with E-state index in [1.165, 1.54) is 6.20 Å². The lowest BCUT2D eigenvalue weighted by molar-refractivity contribution is 0.0694. The van der Waals surface area contributed by atoms with Crippen LogP contribution < -0.4 is 9.47 Å². The molecule has 0 spiro atoms. The molecule has 0 atom stereocenters. The molecule has 0 radical (unpaired) electrons. The number of aryl methyl sites for hydroxylation is 1. The summed E-state index contributed by atoms with van der Waals surface area (Å²) in [5, 5.41) is 9.09. The zero-order valence-corrected chi connectivity index (χ0v) is 12.1. The Bertz CT molecular complexity index is 671. The van der Waals surface area contributed by atoms with Crippen molar-refractivity contribution in [3.05, 3.63) is 35.7 Å². The maximum atomic E-state index is 11.1. The van der Waals surface area contributed by atoms with E-state index in [1.54, 1.807) is 32.4 Å². The average Bonchev–Trinajstić information content (AvgIpc) is 2.53. The highest BCUT2D eigenvalue weighted by Crippen LogP contribution is 2.31. The molecular formula is C15H16N2O4. The number of carboxylic acid groups (broad SMARTS) is 1. The van der Waals surface area contributed by atoms with Gasteiger partial charge in [-0.05, 0) is 24.6 Å². The van der Waals surface area contributed by atoms with Crippen molar-refractivity contribution < 1.29 is 19.4 Å². The quantitative estimate of drug-likeness (QED) is 0.910. The molecule has 0 aliphatic rings. The predicted octanol–water partition coefficient (Wildman–Crippen LogP) is 2.42. The van der Waals surface area contributed by atoms with Crippen molar-refractivity contribution in [2.45, 2.75) is 13.3 Å². The molecular weight excluding hydrogens is 272 g/mol. The third kappa shape index (κ3) is 2.94. The van der Waals surface area contributed by atoms with E-state index in [2.05, 4.69) is 9.97 Å². The maximum Gasteiger partial charge on any atom is 0.339 e. The van der Waals surface area contributed by atoms with E-state index in [9.17, 15) is 4.79 Å². The molecule has 0 unspecified atom stereocenters. The lowest BCUT2D eigenvalue weighted by Gasteiger charge is -2.10. The summed E-state index contributed by atoms with van der Waals surface area (Å²) >= 11 is 0. The van der Waals surface area contributed by atoms with Gasteiger partial charge in [0.2, 0.25) is 0 Å². The minimum Gasteiger partial charge on any atom is -0.493 e. The highest BCUT2D eigenvalue weighted by molar-refractivity contribution is 5.88. The van der Waals surface area contributed by atoms with Crippen molar-refractivity contribution in [1.82, 2.24) is 9.97 Å². The van der Waals surface area contributed by atoms with Gasteiger partial charge >= 0.3 is 5.97 Å². The Labute approximate surface area is 122 Å². The van der Waals surface area contributed by atoms with Gasteiger partial charge < -0.3 is 14.6 Å². The standard InChI is InChI=1S/C15H16N2O4/c1-4-11-10(15(18)19)8-16-14(17-11)9-5-6-12(20-2)13(7-9)21-3/h5-8H,4H2,1-3H3,(H,18,19). The van der Waals surface area contributed by atoms with Gasteiger partial charge in [0, 0.05) is 11.8 Å². The molecule has 0 aliphatic heterocycles. The fraction of sp³-hybridized carbons (Fsp3) is 0.267. The first-order chi connectivity index (χ1) is 10.1. The van der Waals surface area contributed by atoms with Crippen LogP contribution in [0, 0.1) is 0 Å². The van der Waals surface area contributed by atoms with Crippen LogP contribution in [0.2, 0.25) is 0 Å². The fourth-order valence-electron chi connectivity index (χ4n) is 1.98. The van der Waals surface area contributed by atoms with Crippen LogP contribution in [0.4, 0.5) is 0 Å². The zero-order chi connectivity index (χ0) is 15.4. The third-order valence-electron chi connectivity index (χ3n) is 3.07. The van der Waals surface area contributed by atoms with Crippen LogP contribution in [0.1, 0.15) is 23.0 Å². The number of benzene rings is 1. The number of hydrogen-bond donors (Lipinski definition) is 1. The lowest BCUT2D eigenvalue weighted by Crippen LogP contribution is -2.06. The van der Waals surface area contributed by atoms with Gasteiger partial charge in [-0.15, -0.1) is 0 Å². The van der Waals surface area contributed by atoms with Gasteiger partial charge in [0.05, 0.1) is 25.5 Å². The average molecular weight is 288 g/mol. The van der Waals surface area contributed by atoms with Crippen LogP contribution in [0.5, 0.6) is 11.5 Å². The molecule has 21 heavy (non-hydrogen) atoms. The second-order valence-electron chi connectivity index (χ2n) is 4.28. The van der Waals surface area contributed by atoms with Crippen LogP contribution >= 0.6 is 0 Å².